The summed E-state index contributed by atoms with van der Waals surface area (Å²) in [5, 5.41) is 0. The van der Waals surface area contributed by atoms with Crippen molar-refractivity contribution in [1.82, 2.24) is 9.21 Å². The van der Waals surface area contributed by atoms with Crippen LogP contribution in [0.15, 0.2) is 53.4 Å². The maximum atomic E-state index is 13.3. The zero-order chi connectivity index (χ0) is 23.8. The number of carbonyl (C=O) groups excluding carboxylic acids is 1. The molecule has 1 unspecified atom stereocenters. The summed E-state index contributed by atoms with van der Waals surface area (Å²) in [6, 6.07) is 12.6. The first-order valence-electron chi connectivity index (χ1n) is 11.3. The molecule has 8 heteroatoms. The molecule has 2 aliphatic rings. The van der Waals surface area contributed by atoms with Crippen LogP contribution in [-0.4, -0.2) is 56.8 Å². The molecule has 0 radical (unpaired) electrons. The molecule has 0 bridgehead atoms. The van der Waals surface area contributed by atoms with E-state index in [2.05, 4.69) is 0 Å². The number of rotatable bonds is 6. The Kier molecular flexibility index (Phi) is 6.51. The van der Waals surface area contributed by atoms with Crippen molar-refractivity contribution in [2.24, 2.45) is 11.3 Å². The summed E-state index contributed by atoms with van der Waals surface area (Å²) in [6.07, 6.45) is 1.46. The van der Waals surface area contributed by atoms with Crippen molar-refractivity contribution >= 4 is 15.9 Å². The number of piperidine rings is 1. The van der Waals surface area contributed by atoms with Crippen LogP contribution in [0.4, 0.5) is 4.39 Å². The van der Waals surface area contributed by atoms with E-state index in [9.17, 15) is 17.6 Å². The first kappa shape index (κ1) is 23.7. The second-order valence-corrected chi connectivity index (χ2v) is 11.5. The molecule has 2 aromatic carbocycles. The fraction of sp³-hybridized carbons (Fsp3) is 0.480. The summed E-state index contributed by atoms with van der Waals surface area (Å²) >= 11 is 0. The molecule has 33 heavy (non-hydrogen) atoms. The Morgan fingerprint density at radius 3 is 2.09 bits per heavy atom. The van der Waals surface area contributed by atoms with E-state index in [1.165, 1.54) is 12.1 Å². The number of ether oxygens (including phenoxy) is 1. The molecule has 0 N–H and O–H groups in total. The zero-order valence-corrected chi connectivity index (χ0v) is 20.1. The molecule has 2 aliphatic heterocycles. The van der Waals surface area contributed by atoms with E-state index in [1.54, 1.807) is 47.8 Å². The molecule has 2 heterocycles. The highest BCUT2D eigenvalue weighted by atomic mass is 32.2. The minimum absolute atomic E-state index is 0.0219. The van der Waals surface area contributed by atoms with E-state index < -0.39 is 10.0 Å². The molecule has 0 aromatic heterocycles. The van der Waals surface area contributed by atoms with Gasteiger partial charge in [-0.15, -0.1) is 0 Å². The van der Waals surface area contributed by atoms with Gasteiger partial charge in [0.15, 0.2) is 0 Å². The van der Waals surface area contributed by atoms with Gasteiger partial charge in [-0.25, -0.2) is 12.8 Å². The van der Waals surface area contributed by atoms with Crippen molar-refractivity contribution in [3.63, 3.8) is 0 Å². The Bertz CT molecular complexity index is 1080. The molecule has 6 nitrogen and oxygen atoms in total. The van der Waals surface area contributed by atoms with E-state index >= 15 is 0 Å². The number of amides is 1. The third kappa shape index (κ3) is 4.64. The number of carbonyl (C=O) groups is 1. The summed E-state index contributed by atoms with van der Waals surface area (Å²) in [7, 11) is -2.00. The van der Waals surface area contributed by atoms with Gasteiger partial charge in [0, 0.05) is 31.6 Å². The highest BCUT2D eigenvalue weighted by molar-refractivity contribution is 7.89. The van der Waals surface area contributed by atoms with Gasteiger partial charge in [-0.1, -0.05) is 26.0 Å². The van der Waals surface area contributed by atoms with Crippen molar-refractivity contribution in [1.29, 1.82) is 0 Å². The van der Waals surface area contributed by atoms with Gasteiger partial charge in [0.1, 0.15) is 11.6 Å². The summed E-state index contributed by atoms with van der Waals surface area (Å²) in [4.78, 5) is 15.4. The Morgan fingerprint density at radius 2 is 1.58 bits per heavy atom. The van der Waals surface area contributed by atoms with Crippen LogP contribution >= 0.6 is 0 Å². The van der Waals surface area contributed by atoms with Crippen molar-refractivity contribution in [3.8, 4) is 5.75 Å². The minimum atomic E-state index is -3.55. The van der Waals surface area contributed by atoms with Gasteiger partial charge in [0.05, 0.1) is 17.9 Å². The minimum Gasteiger partial charge on any atom is -0.497 e. The molecule has 1 spiro atoms. The maximum Gasteiger partial charge on any atom is 0.243 e. The van der Waals surface area contributed by atoms with Gasteiger partial charge in [0.2, 0.25) is 15.9 Å². The van der Waals surface area contributed by atoms with Crippen LogP contribution in [0.1, 0.15) is 38.2 Å². The number of sulfonamides is 1. The standard InChI is InChI=1S/C25H31FN2O4S/c1-18(2)23(19-4-6-20(26)7-5-19)24(29)27-16-25(17-27)12-14-28(15-13-25)33(30,31)22-10-8-21(32-3)9-11-22/h4-11,18,23H,12-17H2,1-3H3. The molecule has 2 aromatic rings. The number of methoxy groups -OCH3 is 1. The molecule has 2 fully saturated rings. The SMILES string of the molecule is COc1ccc(S(=O)(=O)N2CCC3(CC2)CN(C(=O)C(c2ccc(F)cc2)C(C)C)C3)cc1. The fourth-order valence-electron chi connectivity index (χ4n) is 5.01. The third-order valence-electron chi connectivity index (χ3n) is 7.01. The van der Waals surface area contributed by atoms with Crippen LogP contribution in [0.3, 0.4) is 0 Å². The lowest BCUT2D eigenvalue weighted by Crippen LogP contribution is -2.63. The number of benzene rings is 2. The highest BCUT2D eigenvalue weighted by Crippen LogP contribution is 2.43. The van der Waals surface area contributed by atoms with Crippen LogP contribution in [0, 0.1) is 17.2 Å². The predicted octanol–water partition coefficient (Wildman–Crippen LogP) is 3.89. The Balaban J connectivity index is 1.38. The lowest BCUT2D eigenvalue weighted by molar-refractivity contribution is -0.148. The van der Waals surface area contributed by atoms with Gasteiger partial charge in [-0.05, 0) is 60.7 Å². The van der Waals surface area contributed by atoms with E-state index in [0.717, 1.165) is 18.4 Å². The largest absolute Gasteiger partial charge is 0.497 e. The molecule has 178 valence electrons. The monoisotopic (exact) mass is 474 g/mol. The van der Waals surface area contributed by atoms with Crippen molar-refractivity contribution in [2.75, 3.05) is 33.3 Å². The smallest absolute Gasteiger partial charge is 0.243 e. The number of hydrogen-bond donors (Lipinski definition) is 0. The Hall–Kier alpha value is -2.45. The first-order chi connectivity index (χ1) is 15.6. The molecule has 1 amide bonds. The van der Waals surface area contributed by atoms with Crippen molar-refractivity contribution < 1.29 is 22.3 Å². The van der Waals surface area contributed by atoms with Crippen LogP contribution in [0.25, 0.3) is 0 Å². The van der Waals surface area contributed by atoms with Gasteiger partial charge < -0.3 is 9.64 Å². The maximum absolute atomic E-state index is 13.3. The lowest BCUT2D eigenvalue weighted by Gasteiger charge is -2.54. The number of hydrogen-bond acceptors (Lipinski definition) is 4. The van der Waals surface area contributed by atoms with Gasteiger partial charge in [-0.3, -0.25) is 4.79 Å². The molecule has 0 saturated carbocycles. The van der Waals surface area contributed by atoms with Gasteiger partial charge in [-0.2, -0.15) is 4.31 Å². The molecule has 0 aliphatic carbocycles. The second kappa shape index (κ2) is 9.06. The van der Waals surface area contributed by atoms with Gasteiger partial charge >= 0.3 is 0 Å². The summed E-state index contributed by atoms with van der Waals surface area (Å²) in [5.74, 6) is 0.157. The van der Waals surface area contributed by atoms with E-state index in [1.807, 2.05) is 18.7 Å². The first-order valence-corrected chi connectivity index (χ1v) is 12.8. The predicted molar refractivity (Wildman–Crippen MR) is 124 cm³/mol. The molecule has 1 atom stereocenters. The quantitative estimate of drug-likeness (QED) is 0.637. The number of halogens is 1. The van der Waals surface area contributed by atoms with Crippen LogP contribution in [0.5, 0.6) is 5.75 Å². The van der Waals surface area contributed by atoms with E-state index in [-0.39, 0.29) is 33.9 Å². The third-order valence-corrected chi connectivity index (χ3v) is 8.92. The van der Waals surface area contributed by atoms with Crippen LogP contribution in [-0.2, 0) is 14.8 Å². The van der Waals surface area contributed by atoms with E-state index in [4.69, 9.17) is 4.74 Å². The molecular formula is C25H31FN2O4S. The molecular weight excluding hydrogens is 443 g/mol. The highest BCUT2D eigenvalue weighted by Gasteiger charge is 2.49. The van der Waals surface area contributed by atoms with Crippen molar-refractivity contribution in [2.45, 2.75) is 37.5 Å². The van der Waals surface area contributed by atoms with Crippen LogP contribution in [0.2, 0.25) is 0 Å². The Labute approximate surface area is 195 Å². The summed E-state index contributed by atoms with van der Waals surface area (Å²) < 4.78 is 46.0. The van der Waals surface area contributed by atoms with Crippen LogP contribution < -0.4 is 4.74 Å². The number of likely N-dealkylation sites (tertiary alicyclic amines) is 1. The molecule has 4 rings (SSSR count). The van der Waals surface area contributed by atoms with Crippen molar-refractivity contribution in [3.05, 3.63) is 59.9 Å². The summed E-state index contributed by atoms with van der Waals surface area (Å²) in [5.41, 5.74) is 0.809. The van der Waals surface area contributed by atoms with Gasteiger partial charge in [0.25, 0.3) is 0 Å². The zero-order valence-electron chi connectivity index (χ0n) is 19.3. The summed E-state index contributed by atoms with van der Waals surface area (Å²) in [6.45, 7) is 6.19. The number of nitrogens with zero attached hydrogens (tertiary/aromatic N) is 2. The molecule has 2 saturated heterocycles. The fourth-order valence-corrected chi connectivity index (χ4v) is 6.45. The average Bonchev–Trinajstić information content (AvgIpc) is 2.78. The normalized spacial score (nSPS) is 19.4. The second-order valence-electron chi connectivity index (χ2n) is 9.55. The topological polar surface area (TPSA) is 66.9 Å². The Morgan fingerprint density at radius 1 is 1.00 bits per heavy atom. The lowest BCUT2D eigenvalue weighted by atomic mass is 9.71. The van der Waals surface area contributed by atoms with E-state index in [0.29, 0.717) is 31.9 Å². The average molecular weight is 475 g/mol.